The molecule has 2 aromatic carbocycles. The quantitative estimate of drug-likeness (QED) is 0.863. The van der Waals surface area contributed by atoms with Crippen molar-refractivity contribution in [1.29, 1.82) is 0 Å². The number of nitrogens with zero attached hydrogens (tertiary/aromatic N) is 1. The van der Waals surface area contributed by atoms with Crippen LogP contribution in [0.3, 0.4) is 0 Å². The van der Waals surface area contributed by atoms with E-state index in [1.54, 1.807) is 20.3 Å². The lowest BCUT2D eigenvalue weighted by Gasteiger charge is -2.36. The monoisotopic (exact) mass is 371 g/mol. The van der Waals surface area contributed by atoms with E-state index in [1.165, 1.54) is 18.2 Å². The van der Waals surface area contributed by atoms with Crippen LogP contribution in [0.5, 0.6) is 28.7 Å². The SMILES string of the molecule is COc1cc2c3c(c1OC)-c1c(cc(O)c(OC)c1O)CC[C@@H]3N(C)CC2. The molecule has 1 heterocycles. The Kier molecular flexibility index (Phi) is 4.30. The maximum atomic E-state index is 11.0. The molecular formula is C21H25NO5. The van der Waals surface area contributed by atoms with Crippen molar-refractivity contribution >= 4 is 0 Å². The largest absolute Gasteiger partial charge is 0.504 e. The van der Waals surface area contributed by atoms with Crippen LogP contribution in [0.25, 0.3) is 11.1 Å². The highest BCUT2D eigenvalue weighted by atomic mass is 16.5. The summed E-state index contributed by atoms with van der Waals surface area (Å²) in [4.78, 5) is 2.35. The molecule has 2 aliphatic rings. The van der Waals surface area contributed by atoms with Gasteiger partial charge in [0.1, 0.15) is 0 Å². The van der Waals surface area contributed by atoms with E-state index < -0.39 is 0 Å². The Labute approximate surface area is 158 Å². The molecular weight excluding hydrogens is 346 g/mol. The molecule has 0 saturated carbocycles. The molecule has 6 nitrogen and oxygen atoms in total. The van der Waals surface area contributed by atoms with Gasteiger partial charge in [0.2, 0.25) is 5.75 Å². The fourth-order valence-corrected chi connectivity index (χ4v) is 4.59. The summed E-state index contributed by atoms with van der Waals surface area (Å²) < 4.78 is 16.6. The Balaban J connectivity index is 2.15. The Hall–Kier alpha value is -2.60. The molecule has 0 saturated heterocycles. The van der Waals surface area contributed by atoms with Crippen molar-refractivity contribution in [3.05, 3.63) is 28.8 Å². The lowest BCUT2D eigenvalue weighted by atomic mass is 9.85. The minimum absolute atomic E-state index is 0.0564. The highest BCUT2D eigenvalue weighted by Gasteiger charge is 2.36. The highest BCUT2D eigenvalue weighted by Crippen LogP contribution is 2.56. The summed E-state index contributed by atoms with van der Waals surface area (Å²) in [5, 5.41) is 21.3. The summed E-state index contributed by atoms with van der Waals surface area (Å²) >= 11 is 0. The summed E-state index contributed by atoms with van der Waals surface area (Å²) in [6.45, 7) is 0.962. The zero-order chi connectivity index (χ0) is 19.3. The number of phenols is 2. The Bertz CT molecular complexity index is 908. The van der Waals surface area contributed by atoms with Gasteiger partial charge in [-0.1, -0.05) is 0 Å². The minimum Gasteiger partial charge on any atom is -0.504 e. The first-order valence-electron chi connectivity index (χ1n) is 9.11. The molecule has 144 valence electrons. The Morgan fingerprint density at radius 3 is 2.33 bits per heavy atom. The molecule has 0 fully saturated rings. The molecule has 1 atom stereocenters. The van der Waals surface area contributed by atoms with Gasteiger partial charge in [-0.15, -0.1) is 0 Å². The first-order chi connectivity index (χ1) is 13.0. The molecule has 0 aromatic heterocycles. The van der Waals surface area contributed by atoms with Crippen molar-refractivity contribution < 1.29 is 24.4 Å². The molecule has 1 aliphatic carbocycles. The van der Waals surface area contributed by atoms with Gasteiger partial charge in [0.25, 0.3) is 0 Å². The fourth-order valence-electron chi connectivity index (χ4n) is 4.59. The van der Waals surface area contributed by atoms with Crippen LogP contribution in [-0.2, 0) is 12.8 Å². The van der Waals surface area contributed by atoms with Gasteiger partial charge >= 0.3 is 0 Å². The van der Waals surface area contributed by atoms with Crippen LogP contribution >= 0.6 is 0 Å². The molecule has 0 spiro atoms. The third-order valence-electron chi connectivity index (χ3n) is 5.85. The third kappa shape index (κ3) is 2.51. The number of aromatic hydroxyl groups is 2. The number of hydrogen-bond donors (Lipinski definition) is 2. The van der Waals surface area contributed by atoms with Gasteiger partial charge in [0.15, 0.2) is 23.0 Å². The maximum Gasteiger partial charge on any atom is 0.203 e. The lowest BCUT2D eigenvalue weighted by Crippen LogP contribution is -2.32. The van der Waals surface area contributed by atoms with Crippen LogP contribution in [0.2, 0.25) is 0 Å². The summed E-state index contributed by atoms with van der Waals surface area (Å²) in [5.41, 5.74) is 4.76. The molecule has 0 amide bonds. The minimum atomic E-state index is -0.0601. The van der Waals surface area contributed by atoms with Crippen LogP contribution in [-0.4, -0.2) is 50.0 Å². The smallest absolute Gasteiger partial charge is 0.203 e. The zero-order valence-corrected chi connectivity index (χ0v) is 16.1. The van der Waals surface area contributed by atoms with E-state index in [4.69, 9.17) is 14.2 Å². The number of hydrogen-bond acceptors (Lipinski definition) is 6. The predicted octanol–water partition coefficient (Wildman–Crippen LogP) is 3.27. The van der Waals surface area contributed by atoms with Gasteiger partial charge in [0, 0.05) is 23.7 Å². The molecule has 0 bridgehead atoms. The van der Waals surface area contributed by atoms with Gasteiger partial charge in [-0.05, 0) is 55.1 Å². The normalized spacial score (nSPS) is 18.3. The molecule has 4 rings (SSSR count). The molecule has 0 radical (unpaired) electrons. The Morgan fingerprint density at radius 1 is 0.926 bits per heavy atom. The average Bonchev–Trinajstić information content (AvgIpc) is 2.83. The van der Waals surface area contributed by atoms with Gasteiger partial charge in [-0.3, -0.25) is 4.90 Å². The summed E-state index contributed by atoms with van der Waals surface area (Å²) in [6.07, 6.45) is 2.53. The Morgan fingerprint density at radius 2 is 1.67 bits per heavy atom. The lowest BCUT2D eigenvalue weighted by molar-refractivity contribution is 0.220. The van der Waals surface area contributed by atoms with Crippen molar-refractivity contribution in [3.63, 3.8) is 0 Å². The van der Waals surface area contributed by atoms with Gasteiger partial charge in [-0.2, -0.15) is 0 Å². The number of phenolic OH excluding ortho intramolecular Hbond substituents is 2. The number of likely N-dealkylation sites (N-methyl/N-ethyl adjacent to an activating group) is 1. The van der Waals surface area contributed by atoms with Crippen molar-refractivity contribution in [2.24, 2.45) is 0 Å². The third-order valence-corrected chi connectivity index (χ3v) is 5.85. The average molecular weight is 371 g/mol. The number of rotatable bonds is 3. The highest BCUT2D eigenvalue weighted by molar-refractivity contribution is 5.88. The second-order valence-electron chi connectivity index (χ2n) is 7.16. The van der Waals surface area contributed by atoms with E-state index in [1.807, 2.05) is 0 Å². The number of ether oxygens (including phenoxy) is 3. The molecule has 2 N–H and O–H groups in total. The maximum absolute atomic E-state index is 11.0. The summed E-state index contributed by atoms with van der Waals surface area (Å²) in [7, 11) is 6.80. The topological polar surface area (TPSA) is 71.4 Å². The van der Waals surface area contributed by atoms with Crippen LogP contribution in [0.15, 0.2) is 12.1 Å². The van der Waals surface area contributed by atoms with Gasteiger partial charge in [0.05, 0.1) is 21.3 Å². The van der Waals surface area contributed by atoms with E-state index >= 15 is 0 Å². The summed E-state index contributed by atoms with van der Waals surface area (Å²) in [5.74, 6) is 1.21. The van der Waals surface area contributed by atoms with E-state index in [2.05, 4.69) is 18.0 Å². The number of fused-ring (bicyclic) bond motifs is 2. The number of benzene rings is 2. The van der Waals surface area contributed by atoms with E-state index in [9.17, 15) is 10.2 Å². The second kappa shape index (κ2) is 6.53. The first kappa shape index (κ1) is 17.8. The van der Waals surface area contributed by atoms with Crippen molar-refractivity contribution in [3.8, 4) is 39.9 Å². The first-order valence-corrected chi connectivity index (χ1v) is 9.11. The second-order valence-corrected chi connectivity index (χ2v) is 7.16. The molecule has 6 heteroatoms. The summed E-state index contributed by atoms with van der Waals surface area (Å²) in [6, 6.07) is 3.96. The van der Waals surface area contributed by atoms with Crippen molar-refractivity contribution in [1.82, 2.24) is 4.90 Å². The van der Waals surface area contributed by atoms with Gasteiger partial charge in [-0.25, -0.2) is 0 Å². The fraction of sp³-hybridized carbons (Fsp3) is 0.429. The molecule has 27 heavy (non-hydrogen) atoms. The van der Waals surface area contributed by atoms with Crippen LogP contribution in [0.4, 0.5) is 0 Å². The number of methoxy groups -OCH3 is 3. The van der Waals surface area contributed by atoms with Crippen LogP contribution in [0, 0.1) is 0 Å². The number of aryl methyl sites for hydroxylation is 1. The van der Waals surface area contributed by atoms with Crippen LogP contribution < -0.4 is 14.2 Å². The van der Waals surface area contributed by atoms with E-state index in [0.717, 1.165) is 36.9 Å². The predicted molar refractivity (Wildman–Crippen MR) is 102 cm³/mol. The van der Waals surface area contributed by atoms with Crippen molar-refractivity contribution in [2.75, 3.05) is 34.9 Å². The van der Waals surface area contributed by atoms with Gasteiger partial charge < -0.3 is 24.4 Å². The molecule has 0 unspecified atom stereocenters. The van der Waals surface area contributed by atoms with Crippen LogP contribution in [0.1, 0.15) is 29.2 Å². The van der Waals surface area contributed by atoms with Crippen molar-refractivity contribution in [2.45, 2.75) is 25.3 Å². The molecule has 1 aliphatic heterocycles. The standard InChI is InChI=1S/C21H25NO5/c1-22-8-7-12-10-15(25-2)21(27-4)18-16(12)13(22)6-5-11-9-14(23)20(26-3)19(24)17(11)18/h9-10,13,23-24H,5-8H2,1-4H3/t13-/m0/s1. The van der Waals surface area contributed by atoms with E-state index in [0.29, 0.717) is 17.1 Å². The molecule has 2 aromatic rings. The van der Waals surface area contributed by atoms with E-state index in [-0.39, 0.29) is 23.3 Å². The zero-order valence-electron chi connectivity index (χ0n) is 16.1.